The number of carbonyl (C=O) groups is 2. The molecule has 1 aliphatic rings. The Kier molecular flexibility index (Phi) is 5.21. The van der Waals surface area contributed by atoms with Crippen molar-refractivity contribution >= 4 is 23.2 Å². The largest absolute Gasteiger partial charge is 0.481 e. The van der Waals surface area contributed by atoms with E-state index in [4.69, 9.17) is 0 Å². The second-order valence-electron chi connectivity index (χ2n) is 5.79. The molecule has 0 saturated carbocycles. The van der Waals surface area contributed by atoms with Gasteiger partial charge in [-0.2, -0.15) is 5.10 Å². The van der Waals surface area contributed by atoms with Crippen molar-refractivity contribution in [1.29, 1.82) is 0 Å². The van der Waals surface area contributed by atoms with Gasteiger partial charge < -0.3 is 10.0 Å². The summed E-state index contributed by atoms with van der Waals surface area (Å²) in [5, 5.41) is 15.5. The van der Waals surface area contributed by atoms with Gasteiger partial charge in [-0.1, -0.05) is 0 Å². The van der Waals surface area contributed by atoms with E-state index in [1.54, 1.807) is 33.6 Å². The Morgan fingerprint density at radius 1 is 1.33 bits per heavy atom. The number of hydrogen-bond acceptors (Lipinski definition) is 6. The monoisotopic (exact) mass is 349 g/mol. The fourth-order valence-corrected chi connectivity index (χ4v) is 3.33. The highest BCUT2D eigenvalue weighted by molar-refractivity contribution is 7.07. The number of rotatable bonds is 5. The molecule has 0 aliphatic carbocycles. The van der Waals surface area contributed by atoms with E-state index >= 15 is 0 Å². The molecule has 0 unspecified atom stereocenters. The highest BCUT2D eigenvalue weighted by Crippen LogP contribution is 2.14. The van der Waals surface area contributed by atoms with Gasteiger partial charge in [0.2, 0.25) is 5.91 Å². The maximum atomic E-state index is 12.5. The third-order valence-electron chi connectivity index (χ3n) is 4.03. The second-order valence-corrected chi connectivity index (χ2v) is 6.51. The molecule has 1 aliphatic heterocycles. The van der Waals surface area contributed by atoms with Crippen molar-refractivity contribution in [1.82, 2.24) is 24.6 Å². The molecule has 0 radical (unpaired) electrons. The van der Waals surface area contributed by atoms with Crippen molar-refractivity contribution in [3.8, 4) is 0 Å². The molecule has 8 nitrogen and oxygen atoms in total. The lowest BCUT2D eigenvalue weighted by Crippen LogP contribution is -2.39. The smallest absolute Gasteiger partial charge is 0.309 e. The Labute approximate surface area is 143 Å². The van der Waals surface area contributed by atoms with Crippen LogP contribution in [-0.2, 0) is 22.7 Å². The number of carboxylic acids is 1. The quantitative estimate of drug-likeness (QED) is 0.839. The first-order valence-corrected chi connectivity index (χ1v) is 8.63. The number of aromatic nitrogens is 3. The first-order chi connectivity index (χ1) is 11.6. The van der Waals surface area contributed by atoms with Gasteiger partial charge in [-0.15, -0.1) is 11.3 Å². The Bertz CT molecular complexity index is 673. The summed E-state index contributed by atoms with van der Waals surface area (Å²) in [6, 6.07) is 1.76. The lowest BCUT2D eigenvalue weighted by atomic mass is 10.1. The van der Waals surface area contributed by atoms with Crippen molar-refractivity contribution < 1.29 is 14.7 Å². The van der Waals surface area contributed by atoms with Gasteiger partial charge in [0.05, 0.1) is 17.1 Å². The van der Waals surface area contributed by atoms with Crippen LogP contribution in [0.3, 0.4) is 0 Å². The maximum absolute atomic E-state index is 12.5. The van der Waals surface area contributed by atoms with Crippen molar-refractivity contribution in [3.05, 3.63) is 35.0 Å². The van der Waals surface area contributed by atoms with Crippen LogP contribution in [0.2, 0.25) is 0 Å². The lowest BCUT2D eigenvalue weighted by molar-refractivity contribution is -0.143. The molecule has 1 N–H and O–H groups in total. The van der Waals surface area contributed by atoms with E-state index in [2.05, 4.69) is 15.0 Å². The van der Waals surface area contributed by atoms with E-state index < -0.39 is 11.9 Å². The number of nitrogens with zero attached hydrogens (tertiary/aromatic N) is 5. The molecule has 2 aromatic heterocycles. The number of amides is 1. The average molecular weight is 349 g/mol. The molecule has 3 heterocycles. The summed E-state index contributed by atoms with van der Waals surface area (Å²) in [5.74, 6) is -1.59. The molecule has 128 valence electrons. The van der Waals surface area contributed by atoms with Gasteiger partial charge in [0, 0.05) is 50.5 Å². The minimum atomic E-state index is -0.878. The molecule has 0 aromatic carbocycles. The minimum Gasteiger partial charge on any atom is -0.481 e. The van der Waals surface area contributed by atoms with Crippen LogP contribution in [0.1, 0.15) is 5.69 Å². The molecular formula is C15H19N5O3S. The Morgan fingerprint density at radius 2 is 2.21 bits per heavy atom. The van der Waals surface area contributed by atoms with Crippen molar-refractivity contribution in [2.45, 2.75) is 13.1 Å². The predicted molar refractivity (Wildman–Crippen MR) is 87.3 cm³/mol. The Hall–Kier alpha value is -2.26. The zero-order chi connectivity index (χ0) is 16.9. The zero-order valence-electron chi connectivity index (χ0n) is 13.1. The fraction of sp³-hybridized carbons (Fsp3) is 0.467. The molecule has 3 rings (SSSR count). The maximum Gasteiger partial charge on any atom is 0.309 e. The van der Waals surface area contributed by atoms with E-state index in [0.717, 1.165) is 5.69 Å². The summed E-state index contributed by atoms with van der Waals surface area (Å²) in [4.78, 5) is 31.9. The van der Waals surface area contributed by atoms with E-state index in [0.29, 0.717) is 26.2 Å². The van der Waals surface area contributed by atoms with Crippen molar-refractivity contribution in [3.63, 3.8) is 0 Å². The molecule has 0 bridgehead atoms. The Morgan fingerprint density at radius 3 is 2.88 bits per heavy atom. The molecule has 1 fully saturated rings. The van der Waals surface area contributed by atoms with Crippen LogP contribution in [0.25, 0.3) is 0 Å². The molecule has 2 aromatic rings. The van der Waals surface area contributed by atoms with Crippen LogP contribution in [-0.4, -0.2) is 67.7 Å². The van der Waals surface area contributed by atoms with Gasteiger partial charge in [-0.3, -0.25) is 19.2 Å². The van der Waals surface area contributed by atoms with E-state index in [1.807, 2.05) is 5.38 Å². The van der Waals surface area contributed by atoms with Gasteiger partial charge in [-0.25, -0.2) is 4.98 Å². The highest BCUT2D eigenvalue weighted by atomic mass is 32.1. The second kappa shape index (κ2) is 7.54. The minimum absolute atomic E-state index is 0.111. The first kappa shape index (κ1) is 16.6. The number of thiazole rings is 1. The molecule has 1 amide bonds. The number of aliphatic carboxylic acids is 1. The van der Waals surface area contributed by atoms with Crippen LogP contribution in [0.4, 0.5) is 0 Å². The molecule has 1 saturated heterocycles. The lowest BCUT2D eigenvalue weighted by Gasteiger charge is -2.22. The van der Waals surface area contributed by atoms with Gasteiger partial charge in [-0.05, 0) is 6.07 Å². The molecule has 1 atom stereocenters. The van der Waals surface area contributed by atoms with Gasteiger partial charge in [0.25, 0.3) is 0 Å². The van der Waals surface area contributed by atoms with Crippen LogP contribution in [0.15, 0.2) is 29.4 Å². The van der Waals surface area contributed by atoms with Gasteiger partial charge >= 0.3 is 5.97 Å². The molecular weight excluding hydrogens is 330 g/mol. The van der Waals surface area contributed by atoms with E-state index in [9.17, 15) is 14.7 Å². The molecule has 24 heavy (non-hydrogen) atoms. The Balaban J connectivity index is 1.66. The average Bonchev–Trinajstić information content (AvgIpc) is 3.19. The summed E-state index contributed by atoms with van der Waals surface area (Å²) in [7, 11) is 0. The summed E-state index contributed by atoms with van der Waals surface area (Å²) < 4.78 is 1.55. The van der Waals surface area contributed by atoms with Crippen LogP contribution >= 0.6 is 11.3 Å². The summed E-state index contributed by atoms with van der Waals surface area (Å²) >= 11 is 1.52. The standard InChI is InChI=1S/C15H19N5O3S/c21-14(9-20-3-1-2-17-20)19-5-4-18(6-12(7-19)15(22)23)8-13-10-24-11-16-13/h1-3,10-12H,4-9H2,(H,22,23)/t12-/m0/s1. The summed E-state index contributed by atoms with van der Waals surface area (Å²) in [5.41, 5.74) is 2.70. The topological polar surface area (TPSA) is 91.6 Å². The highest BCUT2D eigenvalue weighted by Gasteiger charge is 2.30. The van der Waals surface area contributed by atoms with Crippen molar-refractivity contribution in [2.24, 2.45) is 5.92 Å². The predicted octanol–water partition coefficient (Wildman–Crippen LogP) is 0.385. The van der Waals surface area contributed by atoms with Crippen LogP contribution in [0.5, 0.6) is 0 Å². The number of carboxylic acid groups (broad SMARTS) is 1. The number of carbonyl (C=O) groups excluding carboxylic acids is 1. The molecule has 0 spiro atoms. The van der Waals surface area contributed by atoms with Gasteiger partial charge in [0.15, 0.2) is 0 Å². The zero-order valence-corrected chi connectivity index (χ0v) is 13.9. The first-order valence-electron chi connectivity index (χ1n) is 7.69. The summed E-state index contributed by atoms with van der Waals surface area (Å²) in [6.07, 6.45) is 3.34. The van der Waals surface area contributed by atoms with Crippen molar-refractivity contribution in [2.75, 3.05) is 26.2 Å². The van der Waals surface area contributed by atoms with Crippen LogP contribution < -0.4 is 0 Å². The third kappa shape index (κ3) is 4.18. The number of hydrogen-bond donors (Lipinski definition) is 1. The van der Waals surface area contributed by atoms with Gasteiger partial charge in [0.1, 0.15) is 6.54 Å². The van der Waals surface area contributed by atoms with E-state index in [-0.39, 0.29) is 19.0 Å². The van der Waals surface area contributed by atoms with Crippen LogP contribution in [0, 0.1) is 5.92 Å². The summed E-state index contributed by atoms with van der Waals surface area (Å²) in [6.45, 7) is 2.52. The third-order valence-corrected chi connectivity index (χ3v) is 4.67. The SMILES string of the molecule is O=C(O)[C@H]1CN(Cc2cscn2)CCN(C(=O)Cn2cccn2)C1. The normalized spacial score (nSPS) is 19.2. The fourth-order valence-electron chi connectivity index (χ4n) is 2.78. The molecule has 9 heteroatoms. The van der Waals surface area contributed by atoms with E-state index in [1.165, 1.54) is 11.3 Å².